The Morgan fingerprint density at radius 3 is 2.18 bits per heavy atom. The Balaban J connectivity index is 1.23. The van der Waals surface area contributed by atoms with Crippen molar-refractivity contribution in [2.24, 2.45) is 0 Å². The van der Waals surface area contributed by atoms with Crippen LogP contribution in [0.2, 0.25) is 0 Å². The van der Waals surface area contributed by atoms with Crippen LogP contribution in [0.25, 0.3) is 10.1 Å². The fourth-order valence-electron chi connectivity index (χ4n) is 5.86. The van der Waals surface area contributed by atoms with Gasteiger partial charge in [-0.3, -0.25) is 19.3 Å². The number of hydrogen-bond donors (Lipinski definition) is 2. The molecule has 2 atom stereocenters. The first-order valence-corrected chi connectivity index (χ1v) is 18.3. The molecule has 5 aromatic rings. The van der Waals surface area contributed by atoms with E-state index < -0.39 is 29.4 Å². The first-order valence-electron chi connectivity index (χ1n) is 15.6. The number of nitrogens with zero attached hydrogens (tertiary/aromatic N) is 1. The van der Waals surface area contributed by atoms with Crippen molar-refractivity contribution in [3.8, 4) is 0 Å². The van der Waals surface area contributed by atoms with Crippen LogP contribution in [0.4, 0.5) is 0 Å². The highest BCUT2D eigenvalue weighted by atomic mass is 32.2. The van der Waals surface area contributed by atoms with Crippen molar-refractivity contribution >= 4 is 62.7 Å². The van der Waals surface area contributed by atoms with Gasteiger partial charge in [-0.1, -0.05) is 109 Å². The fourth-order valence-corrected chi connectivity index (χ4v) is 9.79. The molecule has 1 unspecified atom stereocenters. The summed E-state index contributed by atoms with van der Waals surface area (Å²) in [6, 6.07) is 34.0. The van der Waals surface area contributed by atoms with E-state index >= 15 is 0 Å². The Bertz CT molecular complexity index is 2080. The third-order valence-corrected chi connectivity index (χ3v) is 12.0. The number of carbonyl (C=O) groups excluding carboxylic acids is 3. The maximum absolute atomic E-state index is 14.4. The van der Waals surface area contributed by atoms with Crippen LogP contribution in [0.5, 0.6) is 0 Å². The summed E-state index contributed by atoms with van der Waals surface area (Å²) < 4.78 is 7.61. The molecule has 1 saturated heterocycles. The highest BCUT2D eigenvalue weighted by molar-refractivity contribution is 8.07. The molecule has 3 heterocycles. The van der Waals surface area contributed by atoms with Gasteiger partial charge < -0.3 is 15.2 Å². The van der Waals surface area contributed by atoms with Crippen molar-refractivity contribution in [3.63, 3.8) is 0 Å². The minimum absolute atomic E-state index is 0.105. The van der Waals surface area contributed by atoms with Gasteiger partial charge in [0.25, 0.3) is 5.91 Å². The fraction of sp³-hybridized carbons (Fsp3) is 0.158. The molecule has 0 aliphatic carbocycles. The smallest absolute Gasteiger partial charge is 0.356 e. The van der Waals surface area contributed by atoms with Crippen LogP contribution in [-0.4, -0.2) is 45.0 Å². The number of carbonyl (C=O) groups is 3. The molecule has 49 heavy (non-hydrogen) atoms. The number of hydrogen-bond acceptors (Lipinski definition) is 9. The van der Waals surface area contributed by atoms with E-state index in [1.165, 1.54) is 45.8 Å². The second-order valence-electron chi connectivity index (χ2n) is 11.5. The molecule has 4 aromatic carbocycles. The number of amides is 2. The summed E-state index contributed by atoms with van der Waals surface area (Å²) in [7, 11) is 0. The van der Waals surface area contributed by atoms with E-state index in [0.29, 0.717) is 30.5 Å². The van der Waals surface area contributed by atoms with Crippen molar-refractivity contribution in [3.05, 3.63) is 158 Å². The molecule has 7 rings (SSSR count). The number of benzene rings is 4. The second-order valence-corrected chi connectivity index (χ2v) is 15.1. The lowest BCUT2D eigenvalue weighted by atomic mass is 10.0. The van der Waals surface area contributed by atoms with Gasteiger partial charge in [0.2, 0.25) is 5.91 Å². The molecule has 1 aromatic heterocycles. The first-order chi connectivity index (χ1) is 23.9. The van der Waals surface area contributed by atoms with Gasteiger partial charge in [0, 0.05) is 26.8 Å². The van der Waals surface area contributed by atoms with Crippen molar-refractivity contribution in [2.45, 2.75) is 34.8 Å². The molecule has 2 aliphatic rings. The van der Waals surface area contributed by atoms with Crippen molar-refractivity contribution in [1.82, 2.24) is 10.2 Å². The maximum atomic E-state index is 14.4. The van der Waals surface area contributed by atoms with Gasteiger partial charge >= 0.3 is 5.97 Å². The number of ether oxygens (including phenoxy) is 1. The summed E-state index contributed by atoms with van der Waals surface area (Å²) in [5.74, 6) is -1.01. The molecule has 0 spiro atoms. The normalized spacial score (nSPS) is 17.1. The first kappa shape index (κ1) is 32.8. The van der Waals surface area contributed by atoms with Crippen LogP contribution in [0.1, 0.15) is 28.4 Å². The molecule has 246 valence electrons. The van der Waals surface area contributed by atoms with Gasteiger partial charge in [-0.05, 0) is 34.4 Å². The van der Waals surface area contributed by atoms with E-state index in [2.05, 4.69) is 5.32 Å². The Morgan fingerprint density at radius 2 is 1.53 bits per heavy atom. The van der Waals surface area contributed by atoms with Gasteiger partial charge in [0.15, 0.2) is 11.5 Å². The van der Waals surface area contributed by atoms with Crippen LogP contribution in [0.15, 0.2) is 135 Å². The SMILES string of the molecule is O=C(Cc1ccccc1)NC1C(=O)N2C(C(=O)OC(c3ccccc3)c3ccccc3)=C(Sc3cc(=O)c4ccc(CO)cc4s3)CS[C@@H]12. The number of thioether (sulfide) groups is 2. The number of rotatable bonds is 10. The number of aliphatic hydroxyl groups excluding tert-OH is 1. The standard InChI is InChI=1S/C38H30N2O6S3/c41-21-24-16-17-27-28(42)20-32(48-29(27)18-24)49-30-22-47-37-33(39-31(43)19-23-10-4-1-5-11-23)36(44)40(37)34(30)38(45)46-35(25-12-6-2-7-13-25)26-14-8-3-9-15-26/h1-18,20,33,35,37,41H,19,21-22H2,(H,39,43)/t33?,37-/m0/s1. The molecule has 0 bridgehead atoms. The van der Waals surface area contributed by atoms with E-state index in [0.717, 1.165) is 16.7 Å². The largest absolute Gasteiger partial charge is 0.448 e. The minimum atomic E-state index is -0.803. The minimum Gasteiger partial charge on any atom is -0.448 e. The Labute approximate surface area is 294 Å². The molecule has 2 amide bonds. The number of esters is 1. The summed E-state index contributed by atoms with van der Waals surface area (Å²) in [5, 5.41) is 12.6. The highest BCUT2D eigenvalue weighted by Crippen LogP contribution is 2.47. The van der Waals surface area contributed by atoms with Crippen LogP contribution in [0.3, 0.4) is 0 Å². The van der Waals surface area contributed by atoms with Gasteiger partial charge in [0.05, 0.1) is 17.2 Å². The maximum Gasteiger partial charge on any atom is 0.356 e. The average Bonchev–Trinajstić information content (AvgIpc) is 3.13. The van der Waals surface area contributed by atoms with Crippen molar-refractivity contribution in [2.75, 3.05) is 5.75 Å². The van der Waals surface area contributed by atoms with Crippen molar-refractivity contribution in [1.29, 1.82) is 0 Å². The topological polar surface area (TPSA) is 113 Å². The number of β-lactam (4-membered cyclic amide) rings is 1. The van der Waals surface area contributed by atoms with Crippen LogP contribution in [-0.2, 0) is 32.1 Å². The van der Waals surface area contributed by atoms with E-state index in [1.54, 1.807) is 18.2 Å². The summed E-state index contributed by atoms with van der Waals surface area (Å²) in [6.45, 7) is -0.155. The summed E-state index contributed by atoms with van der Waals surface area (Å²) in [5.41, 5.74) is 2.98. The molecular weight excluding hydrogens is 677 g/mol. The average molecular weight is 707 g/mol. The van der Waals surface area contributed by atoms with E-state index in [4.69, 9.17) is 4.74 Å². The number of fused-ring (bicyclic) bond motifs is 2. The van der Waals surface area contributed by atoms with Gasteiger partial charge in [-0.25, -0.2) is 4.79 Å². The van der Waals surface area contributed by atoms with Gasteiger partial charge in [-0.2, -0.15) is 0 Å². The molecule has 0 saturated carbocycles. The zero-order chi connectivity index (χ0) is 33.9. The Kier molecular flexibility index (Phi) is 9.67. The highest BCUT2D eigenvalue weighted by Gasteiger charge is 2.55. The lowest BCUT2D eigenvalue weighted by Gasteiger charge is -2.49. The van der Waals surface area contributed by atoms with E-state index in [1.807, 2.05) is 91.0 Å². The predicted octanol–water partition coefficient (Wildman–Crippen LogP) is 6.03. The molecule has 2 aliphatic heterocycles. The third kappa shape index (κ3) is 6.93. The summed E-state index contributed by atoms with van der Waals surface area (Å²) in [4.78, 5) is 56.2. The van der Waals surface area contributed by atoms with Gasteiger partial charge in [-0.15, -0.1) is 23.1 Å². The number of nitrogens with one attached hydrogen (secondary N) is 1. The van der Waals surface area contributed by atoms with Crippen LogP contribution in [0, 0.1) is 0 Å². The lowest BCUT2D eigenvalue weighted by Crippen LogP contribution is -2.70. The van der Waals surface area contributed by atoms with Crippen molar-refractivity contribution < 1.29 is 24.2 Å². The zero-order valence-electron chi connectivity index (χ0n) is 26.0. The quantitative estimate of drug-likeness (QED) is 0.134. The molecule has 2 N–H and O–H groups in total. The molecule has 0 radical (unpaired) electrons. The third-order valence-electron chi connectivity index (χ3n) is 8.26. The molecule has 11 heteroatoms. The predicted molar refractivity (Wildman–Crippen MR) is 193 cm³/mol. The van der Waals surface area contributed by atoms with Crippen LogP contribution < -0.4 is 10.7 Å². The Morgan fingerprint density at radius 1 is 0.878 bits per heavy atom. The Hall–Kier alpha value is -4.68. The second kappa shape index (κ2) is 14.4. The molecule has 8 nitrogen and oxygen atoms in total. The number of aliphatic hydroxyl groups is 1. The van der Waals surface area contributed by atoms with Crippen LogP contribution >= 0.6 is 34.9 Å². The monoisotopic (exact) mass is 706 g/mol. The van der Waals surface area contributed by atoms with E-state index in [9.17, 15) is 24.3 Å². The molecule has 1 fully saturated rings. The van der Waals surface area contributed by atoms with Gasteiger partial charge in [0.1, 0.15) is 17.1 Å². The lowest BCUT2D eigenvalue weighted by molar-refractivity contribution is -0.154. The van der Waals surface area contributed by atoms with E-state index in [-0.39, 0.29) is 30.1 Å². The summed E-state index contributed by atoms with van der Waals surface area (Å²) >= 11 is 4.07. The molecular formula is C38H30N2O6S3. The summed E-state index contributed by atoms with van der Waals surface area (Å²) in [6.07, 6.45) is -0.615. The zero-order valence-corrected chi connectivity index (χ0v) is 28.4.